The molecule has 0 amide bonds. The number of fused-ring (bicyclic) bond motifs is 2. The van der Waals surface area contributed by atoms with Gasteiger partial charge in [-0.2, -0.15) is 0 Å². The van der Waals surface area contributed by atoms with Crippen LogP contribution in [0.2, 0.25) is 0 Å². The van der Waals surface area contributed by atoms with Crippen LogP contribution >= 0.6 is 0 Å². The third-order valence-electron chi connectivity index (χ3n) is 6.74. The zero-order valence-electron chi connectivity index (χ0n) is 18.1. The third kappa shape index (κ3) is 4.62. The van der Waals surface area contributed by atoms with Crippen molar-refractivity contribution >= 4 is 10.9 Å². The number of methoxy groups -OCH3 is 1. The minimum Gasteiger partial charge on any atom is -0.497 e. The first-order chi connectivity index (χ1) is 15.3. The first-order valence-electron chi connectivity index (χ1n) is 11.3. The molecule has 0 bridgehead atoms. The molecule has 162 valence electrons. The molecule has 1 aliphatic carbocycles. The van der Waals surface area contributed by atoms with Crippen molar-refractivity contribution in [2.24, 2.45) is 5.92 Å². The molecule has 31 heavy (non-hydrogen) atoms. The number of rotatable bonds is 7. The van der Waals surface area contributed by atoms with Crippen LogP contribution < -0.4 is 19.5 Å². The Morgan fingerprint density at radius 2 is 1.87 bits per heavy atom. The van der Waals surface area contributed by atoms with E-state index in [1.54, 1.807) is 7.11 Å². The topological polar surface area (TPSA) is 52.6 Å². The number of nitrogens with zero attached hydrogens (tertiary/aromatic N) is 1. The summed E-state index contributed by atoms with van der Waals surface area (Å²) in [6, 6.07) is 15.2. The molecule has 5 rings (SSSR count). The van der Waals surface area contributed by atoms with E-state index in [0.717, 1.165) is 41.6 Å². The number of aryl methyl sites for hydroxylation is 1. The van der Waals surface area contributed by atoms with E-state index >= 15 is 0 Å². The van der Waals surface area contributed by atoms with Crippen molar-refractivity contribution in [3.8, 4) is 17.2 Å². The second-order valence-electron chi connectivity index (χ2n) is 8.68. The molecule has 5 nitrogen and oxygen atoms in total. The summed E-state index contributed by atoms with van der Waals surface area (Å²) < 4.78 is 16.3. The zero-order chi connectivity index (χ0) is 21.0. The lowest BCUT2D eigenvalue weighted by atomic mass is 9.82. The third-order valence-corrected chi connectivity index (χ3v) is 6.74. The molecule has 0 saturated heterocycles. The van der Waals surface area contributed by atoms with Crippen LogP contribution in [0.5, 0.6) is 17.2 Å². The van der Waals surface area contributed by atoms with Gasteiger partial charge in [0.05, 0.1) is 12.6 Å². The normalized spacial score (nSPS) is 20.2. The number of hydrogen-bond donors (Lipinski definition) is 1. The van der Waals surface area contributed by atoms with Crippen LogP contribution in [-0.2, 0) is 13.0 Å². The van der Waals surface area contributed by atoms with Gasteiger partial charge >= 0.3 is 0 Å². The summed E-state index contributed by atoms with van der Waals surface area (Å²) in [4.78, 5) is 4.51. The maximum Gasteiger partial charge on any atom is 0.231 e. The SMILES string of the molecule is COc1ccc2nccc(CCC3CCC(NCc4ccc5c(c4)OCO5)CC3)c2c1. The van der Waals surface area contributed by atoms with Gasteiger partial charge in [-0.05, 0) is 92.0 Å². The molecule has 1 aliphatic heterocycles. The van der Waals surface area contributed by atoms with Crippen molar-refractivity contribution in [2.45, 2.75) is 51.1 Å². The van der Waals surface area contributed by atoms with E-state index in [9.17, 15) is 0 Å². The van der Waals surface area contributed by atoms with Crippen LogP contribution in [0.4, 0.5) is 0 Å². The molecule has 0 spiro atoms. The quantitative estimate of drug-likeness (QED) is 0.568. The van der Waals surface area contributed by atoms with Gasteiger partial charge in [0.2, 0.25) is 6.79 Å². The number of ether oxygens (including phenoxy) is 3. The summed E-state index contributed by atoms with van der Waals surface area (Å²) >= 11 is 0. The Balaban J connectivity index is 1.11. The fraction of sp³-hybridized carbons (Fsp3) is 0.423. The van der Waals surface area contributed by atoms with Crippen LogP contribution in [-0.4, -0.2) is 24.9 Å². The van der Waals surface area contributed by atoms with Gasteiger partial charge in [0, 0.05) is 24.2 Å². The summed E-state index contributed by atoms with van der Waals surface area (Å²) in [5, 5.41) is 4.96. The Kier molecular flexibility index (Phi) is 5.94. The van der Waals surface area contributed by atoms with Crippen molar-refractivity contribution in [1.29, 1.82) is 0 Å². The van der Waals surface area contributed by atoms with E-state index in [1.807, 2.05) is 18.3 Å². The second-order valence-corrected chi connectivity index (χ2v) is 8.68. The molecule has 1 saturated carbocycles. The highest BCUT2D eigenvalue weighted by Gasteiger charge is 2.21. The summed E-state index contributed by atoms with van der Waals surface area (Å²) in [7, 11) is 1.72. The molecular formula is C26H30N2O3. The maximum absolute atomic E-state index is 5.49. The van der Waals surface area contributed by atoms with E-state index in [1.165, 1.54) is 48.6 Å². The Morgan fingerprint density at radius 1 is 1.00 bits per heavy atom. The summed E-state index contributed by atoms with van der Waals surface area (Å²) in [6.07, 6.45) is 9.37. The average Bonchev–Trinajstić information content (AvgIpc) is 3.29. The van der Waals surface area contributed by atoms with Gasteiger partial charge in [-0.25, -0.2) is 0 Å². The van der Waals surface area contributed by atoms with E-state index in [0.29, 0.717) is 12.8 Å². The van der Waals surface area contributed by atoms with Gasteiger partial charge in [-0.3, -0.25) is 4.98 Å². The Labute approximate surface area is 183 Å². The highest BCUT2D eigenvalue weighted by atomic mass is 16.7. The summed E-state index contributed by atoms with van der Waals surface area (Å²) in [5.41, 5.74) is 3.69. The lowest BCUT2D eigenvalue weighted by molar-refractivity contribution is 0.174. The fourth-order valence-electron chi connectivity index (χ4n) is 4.86. The molecular weight excluding hydrogens is 388 g/mol. The molecule has 1 aromatic heterocycles. The second kappa shape index (κ2) is 9.15. The number of hydrogen-bond acceptors (Lipinski definition) is 5. The van der Waals surface area contributed by atoms with Crippen molar-refractivity contribution in [1.82, 2.24) is 10.3 Å². The molecule has 2 heterocycles. The van der Waals surface area contributed by atoms with Crippen LogP contribution in [0.25, 0.3) is 10.9 Å². The number of aromatic nitrogens is 1. The summed E-state index contributed by atoms with van der Waals surface area (Å²) in [5.74, 6) is 3.42. The maximum atomic E-state index is 5.49. The highest BCUT2D eigenvalue weighted by molar-refractivity contribution is 5.83. The summed E-state index contributed by atoms with van der Waals surface area (Å²) in [6.45, 7) is 1.22. The minimum atomic E-state index is 0.332. The van der Waals surface area contributed by atoms with E-state index in [2.05, 4.69) is 40.6 Å². The van der Waals surface area contributed by atoms with Gasteiger partial charge in [0.1, 0.15) is 5.75 Å². The monoisotopic (exact) mass is 418 g/mol. The first-order valence-corrected chi connectivity index (χ1v) is 11.3. The number of pyridine rings is 1. The lowest BCUT2D eigenvalue weighted by Gasteiger charge is -2.29. The molecule has 2 aliphatic rings. The van der Waals surface area contributed by atoms with Crippen molar-refractivity contribution in [2.75, 3.05) is 13.9 Å². The molecule has 0 atom stereocenters. The van der Waals surface area contributed by atoms with Crippen LogP contribution in [0, 0.1) is 5.92 Å². The highest BCUT2D eigenvalue weighted by Crippen LogP contribution is 2.33. The molecule has 1 fully saturated rings. The average molecular weight is 419 g/mol. The first kappa shape index (κ1) is 20.1. The Morgan fingerprint density at radius 3 is 2.74 bits per heavy atom. The number of benzene rings is 2. The predicted octanol–water partition coefficient (Wildman–Crippen LogP) is 5.25. The fourth-order valence-corrected chi connectivity index (χ4v) is 4.86. The molecule has 1 N–H and O–H groups in total. The van der Waals surface area contributed by atoms with Gasteiger partial charge < -0.3 is 19.5 Å². The van der Waals surface area contributed by atoms with Crippen molar-refractivity contribution in [3.63, 3.8) is 0 Å². The van der Waals surface area contributed by atoms with Crippen molar-refractivity contribution < 1.29 is 14.2 Å². The predicted molar refractivity (Wildman–Crippen MR) is 122 cm³/mol. The van der Waals surface area contributed by atoms with Crippen LogP contribution in [0.15, 0.2) is 48.7 Å². The molecule has 2 aromatic carbocycles. The van der Waals surface area contributed by atoms with Gasteiger partial charge in [0.25, 0.3) is 0 Å². The van der Waals surface area contributed by atoms with Crippen LogP contribution in [0.3, 0.4) is 0 Å². The standard InChI is InChI=1S/C26H30N2O3/c1-29-22-9-10-24-23(15-22)20(12-13-27-24)6-2-18-3-7-21(8-4-18)28-16-19-5-11-25-26(14-19)31-17-30-25/h5,9-15,18,21,28H,2-4,6-8,16-17H2,1H3. The van der Waals surface area contributed by atoms with Gasteiger partial charge in [-0.15, -0.1) is 0 Å². The molecule has 5 heteroatoms. The zero-order valence-corrected chi connectivity index (χ0v) is 18.1. The van der Waals surface area contributed by atoms with Gasteiger partial charge in [-0.1, -0.05) is 6.07 Å². The van der Waals surface area contributed by atoms with E-state index in [-0.39, 0.29) is 0 Å². The lowest BCUT2D eigenvalue weighted by Crippen LogP contribution is -2.32. The van der Waals surface area contributed by atoms with Crippen LogP contribution in [0.1, 0.15) is 43.2 Å². The van der Waals surface area contributed by atoms with Crippen molar-refractivity contribution in [3.05, 3.63) is 59.8 Å². The Bertz CT molecular complexity index is 1040. The van der Waals surface area contributed by atoms with E-state index in [4.69, 9.17) is 14.2 Å². The molecule has 3 aromatic rings. The Hall–Kier alpha value is -2.79. The smallest absolute Gasteiger partial charge is 0.231 e. The van der Waals surface area contributed by atoms with E-state index < -0.39 is 0 Å². The molecule has 0 radical (unpaired) electrons. The van der Waals surface area contributed by atoms with Gasteiger partial charge in [0.15, 0.2) is 11.5 Å². The minimum absolute atomic E-state index is 0.332. The molecule has 0 unspecified atom stereocenters. The largest absolute Gasteiger partial charge is 0.497 e. The number of nitrogens with one attached hydrogen (secondary N) is 1.